The monoisotopic (exact) mass is 338 g/mol. The van der Waals surface area contributed by atoms with Crippen molar-refractivity contribution in [2.75, 3.05) is 6.61 Å². The van der Waals surface area contributed by atoms with Crippen LogP contribution in [0.2, 0.25) is 0 Å². The zero-order valence-corrected chi connectivity index (χ0v) is 15.4. The van der Waals surface area contributed by atoms with Gasteiger partial charge in [0.05, 0.1) is 0 Å². The third-order valence-corrected chi connectivity index (χ3v) is 3.08. The van der Waals surface area contributed by atoms with E-state index in [1.165, 1.54) is 0 Å². The second-order valence-corrected chi connectivity index (χ2v) is 5.86. The Morgan fingerprint density at radius 1 is 1.28 bits per heavy atom. The zero-order chi connectivity index (χ0) is 19.3. The number of carbonyl (C=O) groups is 2. The van der Waals surface area contributed by atoms with Crippen LogP contribution in [0.15, 0.2) is 66.8 Å². The highest BCUT2D eigenvalue weighted by Gasteiger charge is 2.17. The lowest BCUT2D eigenvalue weighted by Crippen LogP contribution is -2.19. The van der Waals surface area contributed by atoms with Crippen LogP contribution in [0.4, 0.5) is 0 Å². The fraction of sp³-hybridized carbons (Fsp3) is 0.273. The lowest BCUT2D eigenvalue weighted by molar-refractivity contribution is -0.139. The van der Waals surface area contributed by atoms with Crippen molar-refractivity contribution in [2.45, 2.75) is 27.7 Å². The summed E-state index contributed by atoms with van der Waals surface area (Å²) in [5, 5.41) is 0. The molecule has 0 aliphatic heterocycles. The summed E-state index contributed by atoms with van der Waals surface area (Å²) in [6, 6.07) is 9.12. The number of terminal acetylenes is 1. The molecular weight excluding hydrogens is 312 g/mol. The summed E-state index contributed by atoms with van der Waals surface area (Å²) in [7, 11) is 0. The number of ether oxygens (including phenoxy) is 1. The topological polar surface area (TPSA) is 43.4 Å². The third kappa shape index (κ3) is 9.12. The predicted molar refractivity (Wildman–Crippen MR) is 103 cm³/mol. The number of Topliss-reactive ketones (excluding diaryl/α,β-unsaturated/α-hetero) is 1. The van der Waals surface area contributed by atoms with Crippen LogP contribution < -0.4 is 0 Å². The summed E-state index contributed by atoms with van der Waals surface area (Å²) >= 11 is 0. The minimum absolute atomic E-state index is 0.0294. The Balaban J connectivity index is 0.00000178. The molecule has 0 N–H and O–H groups in total. The van der Waals surface area contributed by atoms with Gasteiger partial charge in [-0.1, -0.05) is 69.0 Å². The number of hydrogen-bond donors (Lipinski definition) is 0. The SMILES string of the molecule is C#CC.C=CC(=O)OCC(C)(C)/C=C\C(=C/C)C(=O)c1ccccc1. The molecule has 0 unspecified atom stereocenters. The molecule has 0 aromatic heterocycles. The molecule has 0 saturated heterocycles. The van der Waals surface area contributed by atoms with E-state index >= 15 is 0 Å². The van der Waals surface area contributed by atoms with E-state index in [2.05, 4.69) is 18.9 Å². The van der Waals surface area contributed by atoms with Gasteiger partial charge >= 0.3 is 5.97 Å². The van der Waals surface area contributed by atoms with Gasteiger partial charge in [0.1, 0.15) is 6.61 Å². The molecule has 0 spiro atoms. The number of hydrogen-bond acceptors (Lipinski definition) is 3. The summed E-state index contributed by atoms with van der Waals surface area (Å²) < 4.78 is 5.05. The second-order valence-electron chi connectivity index (χ2n) is 5.86. The van der Waals surface area contributed by atoms with Gasteiger partial charge in [-0.2, -0.15) is 0 Å². The van der Waals surface area contributed by atoms with Crippen LogP contribution in [0.5, 0.6) is 0 Å². The maximum atomic E-state index is 12.4. The fourth-order valence-electron chi connectivity index (χ4n) is 1.74. The summed E-state index contributed by atoms with van der Waals surface area (Å²) in [5.41, 5.74) is 0.884. The molecule has 0 aliphatic carbocycles. The summed E-state index contributed by atoms with van der Waals surface area (Å²) in [5.74, 6) is 1.77. The van der Waals surface area contributed by atoms with Crippen molar-refractivity contribution < 1.29 is 14.3 Å². The Bertz CT molecular complexity index is 671. The number of benzene rings is 1. The number of esters is 1. The molecule has 132 valence electrons. The maximum Gasteiger partial charge on any atom is 0.330 e. The van der Waals surface area contributed by atoms with Crippen LogP contribution >= 0.6 is 0 Å². The molecule has 1 aromatic rings. The first-order chi connectivity index (χ1) is 11.8. The highest BCUT2D eigenvalue weighted by Crippen LogP contribution is 2.20. The van der Waals surface area contributed by atoms with Crippen molar-refractivity contribution in [3.63, 3.8) is 0 Å². The Hall–Kier alpha value is -2.86. The lowest BCUT2D eigenvalue weighted by Gasteiger charge is -2.19. The third-order valence-electron chi connectivity index (χ3n) is 3.08. The second kappa shape index (κ2) is 11.6. The highest BCUT2D eigenvalue weighted by molar-refractivity contribution is 6.10. The summed E-state index contributed by atoms with van der Waals surface area (Å²) in [6.07, 6.45) is 11.2. The summed E-state index contributed by atoms with van der Waals surface area (Å²) in [6.45, 7) is 10.9. The van der Waals surface area contributed by atoms with Crippen molar-refractivity contribution in [3.05, 3.63) is 72.4 Å². The molecule has 0 atom stereocenters. The standard InChI is InChI=1S/C19H22O3.C3H4/c1-5-15(18(21)16-10-8-7-9-11-16)12-13-19(3,4)14-22-17(20)6-2;1-3-2/h5-13H,2,14H2,1,3-4H3;1H,2H3/b13-12-,15-5+;. The van der Waals surface area contributed by atoms with E-state index in [1.54, 1.807) is 31.2 Å². The van der Waals surface area contributed by atoms with Gasteiger partial charge in [-0.25, -0.2) is 4.79 Å². The van der Waals surface area contributed by atoms with E-state index in [1.807, 2.05) is 45.0 Å². The van der Waals surface area contributed by atoms with Crippen LogP contribution in [0.25, 0.3) is 0 Å². The molecule has 0 fully saturated rings. The van der Waals surface area contributed by atoms with Crippen LogP contribution in [-0.4, -0.2) is 18.4 Å². The molecule has 0 heterocycles. The molecule has 3 heteroatoms. The maximum absolute atomic E-state index is 12.4. The first-order valence-corrected chi connectivity index (χ1v) is 7.93. The van der Waals surface area contributed by atoms with Crippen LogP contribution in [0.1, 0.15) is 38.1 Å². The van der Waals surface area contributed by atoms with Gasteiger partial charge in [-0.15, -0.1) is 12.3 Å². The number of rotatable bonds is 7. The number of ketones is 1. The summed E-state index contributed by atoms with van der Waals surface area (Å²) in [4.78, 5) is 23.5. The van der Waals surface area contributed by atoms with Gasteiger partial charge in [-0.3, -0.25) is 4.79 Å². The molecule has 0 saturated carbocycles. The largest absolute Gasteiger partial charge is 0.462 e. The molecule has 0 bridgehead atoms. The average Bonchev–Trinajstić information content (AvgIpc) is 2.61. The smallest absolute Gasteiger partial charge is 0.330 e. The van der Waals surface area contributed by atoms with Crippen molar-refractivity contribution in [1.82, 2.24) is 0 Å². The van der Waals surface area contributed by atoms with E-state index in [4.69, 9.17) is 4.74 Å². The van der Waals surface area contributed by atoms with E-state index in [-0.39, 0.29) is 17.8 Å². The van der Waals surface area contributed by atoms with Crippen LogP contribution in [0.3, 0.4) is 0 Å². The van der Waals surface area contributed by atoms with Crippen molar-refractivity contribution in [1.29, 1.82) is 0 Å². The Labute approximate surface area is 151 Å². The molecule has 3 nitrogen and oxygen atoms in total. The van der Waals surface area contributed by atoms with Crippen molar-refractivity contribution in [2.24, 2.45) is 5.41 Å². The number of allylic oxidation sites excluding steroid dienone is 3. The highest BCUT2D eigenvalue weighted by atomic mass is 16.5. The Morgan fingerprint density at radius 3 is 2.32 bits per heavy atom. The van der Waals surface area contributed by atoms with Gasteiger partial charge in [0, 0.05) is 22.6 Å². The van der Waals surface area contributed by atoms with Gasteiger partial charge < -0.3 is 4.74 Å². The molecular formula is C22H26O3. The molecule has 0 aliphatic rings. The normalized spacial score (nSPS) is 11.1. The lowest BCUT2D eigenvalue weighted by atomic mass is 9.92. The molecule has 1 rings (SSSR count). The van der Waals surface area contributed by atoms with Gasteiger partial charge in [0.15, 0.2) is 5.78 Å². The van der Waals surface area contributed by atoms with Gasteiger partial charge in [0.2, 0.25) is 0 Å². The van der Waals surface area contributed by atoms with Crippen molar-refractivity contribution >= 4 is 11.8 Å². The van der Waals surface area contributed by atoms with Gasteiger partial charge in [-0.05, 0) is 13.8 Å². The van der Waals surface area contributed by atoms with E-state index < -0.39 is 5.97 Å². The molecule has 0 radical (unpaired) electrons. The molecule has 25 heavy (non-hydrogen) atoms. The fourth-order valence-corrected chi connectivity index (χ4v) is 1.74. The van der Waals surface area contributed by atoms with E-state index in [0.717, 1.165) is 6.08 Å². The minimum atomic E-state index is -0.451. The van der Waals surface area contributed by atoms with Gasteiger partial charge in [0.25, 0.3) is 0 Å². The predicted octanol–water partition coefficient (Wildman–Crippen LogP) is 4.77. The molecule has 0 amide bonds. The first kappa shape index (κ1) is 22.1. The van der Waals surface area contributed by atoms with Crippen LogP contribution in [0, 0.1) is 17.8 Å². The van der Waals surface area contributed by atoms with E-state index in [9.17, 15) is 9.59 Å². The molecule has 1 aromatic carbocycles. The Kier molecular flexibility index (Phi) is 10.3. The van der Waals surface area contributed by atoms with Crippen molar-refractivity contribution in [3.8, 4) is 12.3 Å². The van der Waals surface area contributed by atoms with Crippen LogP contribution in [-0.2, 0) is 9.53 Å². The number of carbonyl (C=O) groups excluding carboxylic acids is 2. The first-order valence-electron chi connectivity index (χ1n) is 7.93. The Morgan fingerprint density at radius 2 is 1.84 bits per heavy atom. The minimum Gasteiger partial charge on any atom is -0.462 e. The zero-order valence-electron chi connectivity index (χ0n) is 15.4. The van der Waals surface area contributed by atoms with E-state index in [0.29, 0.717) is 11.1 Å². The quantitative estimate of drug-likeness (QED) is 0.236. The average molecular weight is 338 g/mol.